The Bertz CT molecular complexity index is 1000. The number of rotatable bonds is 3. The highest BCUT2D eigenvalue weighted by Crippen LogP contribution is 2.35. The highest BCUT2D eigenvalue weighted by atomic mass is 32.2. The number of nitrogens with zero attached hydrogens (tertiary/aromatic N) is 1. The van der Waals surface area contributed by atoms with E-state index in [1.54, 1.807) is 30.0 Å². The van der Waals surface area contributed by atoms with Crippen LogP contribution in [0.25, 0.3) is 0 Å². The number of sulfonamides is 1. The molecule has 27 heavy (non-hydrogen) atoms. The van der Waals surface area contributed by atoms with E-state index >= 15 is 0 Å². The van der Waals surface area contributed by atoms with Crippen molar-refractivity contribution in [3.63, 3.8) is 0 Å². The van der Waals surface area contributed by atoms with Gasteiger partial charge >= 0.3 is 0 Å². The molecule has 2 aromatic rings. The number of benzene rings is 2. The number of hydrogen-bond acceptors (Lipinski definition) is 3. The molecule has 2 unspecified atom stereocenters. The number of hydrogen-bond donors (Lipinski definition) is 1. The molecule has 2 aromatic carbocycles. The summed E-state index contributed by atoms with van der Waals surface area (Å²) in [5.41, 5.74) is 4.02. The summed E-state index contributed by atoms with van der Waals surface area (Å²) in [5, 5.41) is 0. The van der Waals surface area contributed by atoms with Gasteiger partial charge in [0.2, 0.25) is 15.9 Å². The maximum absolute atomic E-state index is 13.0. The topological polar surface area (TPSA) is 66.5 Å². The molecule has 2 aliphatic rings. The van der Waals surface area contributed by atoms with E-state index in [9.17, 15) is 13.2 Å². The Labute approximate surface area is 160 Å². The fourth-order valence-electron chi connectivity index (χ4n) is 4.39. The van der Waals surface area contributed by atoms with Crippen LogP contribution in [0.15, 0.2) is 47.4 Å². The largest absolute Gasteiger partial charge is 0.309 e. The standard InChI is InChI=1S/C21H24N2O3S/c1-14-12-17-13-18(10-11-21(17)23(14)15(2)24)27(25,26)22-20-9-5-7-16-6-3-4-8-19(16)20/h3-4,6,8,10-11,13-14,20,22H,5,7,9,12H2,1-2H3. The van der Waals surface area contributed by atoms with Crippen molar-refractivity contribution < 1.29 is 13.2 Å². The lowest BCUT2D eigenvalue weighted by Gasteiger charge is -2.26. The van der Waals surface area contributed by atoms with Crippen molar-refractivity contribution in [2.45, 2.75) is 56.5 Å². The SMILES string of the molecule is CC(=O)N1c2ccc(S(=O)(=O)NC3CCCc4ccccc43)cc2CC1C. The van der Waals surface area contributed by atoms with Crippen LogP contribution in [0.5, 0.6) is 0 Å². The second kappa shape index (κ2) is 6.77. The minimum Gasteiger partial charge on any atom is -0.309 e. The minimum absolute atomic E-state index is 0.0196. The Morgan fingerprint density at radius 1 is 1.15 bits per heavy atom. The van der Waals surface area contributed by atoms with Crippen molar-refractivity contribution >= 4 is 21.6 Å². The Balaban J connectivity index is 1.63. The van der Waals surface area contributed by atoms with Crippen LogP contribution in [0.1, 0.15) is 49.4 Å². The number of nitrogens with one attached hydrogen (secondary N) is 1. The van der Waals surface area contributed by atoms with Gasteiger partial charge < -0.3 is 4.90 Å². The molecular weight excluding hydrogens is 360 g/mol. The van der Waals surface area contributed by atoms with Crippen LogP contribution in [-0.4, -0.2) is 20.4 Å². The molecule has 1 aliphatic heterocycles. The van der Waals surface area contributed by atoms with Gasteiger partial charge in [-0.15, -0.1) is 0 Å². The molecule has 1 heterocycles. The first-order chi connectivity index (χ1) is 12.9. The van der Waals surface area contributed by atoms with E-state index in [0.717, 1.165) is 36.1 Å². The summed E-state index contributed by atoms with van der Waals surface area (Å²) in [6, 6.07) is 13.0. The lowest BCUT2D eigenvalue weighted by Crippen LogP contribution is -2.33. The molecule has 0 bridgehead atoms. The Hall–Kier alpha value is -2.18. The van der Waals surface area contributed by atoms with Gasteiger partial charge in [-0.05, 0) is 67.5 Å². The summed E-state index contributed by atoms with van der Waals surface area (Å²) in [4.78, 5) is 13.9. The Morgan fingerprint density at radius 3 is 2.70 bits per heavy atom. The number of fused-ring (bicyclic) bond motifs is 2. The molecule has 0 aromatic heterocycles. The molecule has 4 rings (SSSR count). The molecule has 6 heteroatoms. The van der Waals surface area contributed by atoms with E-state index in [-0.39, 0.29) is 22.9 Å². The van der Waals surface area contributed by atoms with E-state index in [4.69, 9.17) is 0 Å². The zero-order chi connectivity index (χ0) is 19.2. The molecule has 142 valence electrons. The normalized spacial score (nSPS) is 21.6. The predicted molar refractivity (Wildman–Crippen MR) is 105 cm³/mol. The molecule has 1 N–H and O–H groups in total. The van der Waals surface area contributed by atoms with Gasteiger partial charge in [0.25, 0.3) is 0 Å². The first-order valence-electron chi connectivity index (χ1n) is 9.39. The molecular formula is C21H24N2O3S. The van der Waals surface area contributed by atoms with E-state index in [0.29, 0.717) is 6.42 Å². The summed E-state index contributed by atoms with van der Waals surface area (Å²) in [6.07, 6.45) is 3.44. The second-order valence-electron chi connectivity index (χ2n) is 7.50. The Morgan fingerprint density at radius 2 is 1.93 bits per heavy atom. The molecule has 1 amide bonds. The van der Waals surface area contributed by atoms with Crippen molar-refractivity contribution in [1.82, 2.24) is 4.72 Å². The first kappa shape index (κ1) is 18.2. The van der Waals surface area contributed by atoms with Gasteiger partial charge in [0.1, 0.15) is 0 Å². The van der Waals surface area contributed by atoms with Gasteiger partial charge in [0.05, 0.1) is 4.90 Å². The summed E-state index contributed by atoms with van der Waals surface area (Å²) in [7, 11) is -3.63. The fourth-order valence-corrected chi connectivity index (χ4v) is 5.69. The van der Waals surface area contributed by atoms with Gasteiger partial charge in [0, 0.05) is 24.7 Å². The van der Waals surface area contributed by atoms with E-state index in [2.05, 4.69) is 10.8 Å². The lowest BCUT2D eigenvalue weighted by atomic mass is 9.88. The van der Waals surface area contributed by atoms with Crippen LogP contribution in [0, 0.1) is 0 Å². The zero-order valence-corrected chi connectivity index (χ0v) is 16.4. The number of carbonyl (C=O) groups is 1. The average molecular weight is 385 g/mol. The van der Waals surface area contributed by atoms with Gasteiger partial charge in [-0.2, -0.15) is 0 Å². The predicted octanol–water partition coefficient (Wildman–Crippen LogP) is 3.34. The third-order valence-corrected chi connectivity index (χ3v) is 7.05. The molecule has 0 saturated carbocycles. The molecule has 1 aliphatic carbocycles. The quantitative estimate of drug-likeness (QED) is 0.883. The fraction of sp³-hybridized carbons (Fsp3) is 0.381. The van der Waals surface area contributed by atoms with Crippen molar-refractivity contribution in [3.05, 3.63) is 59.2 Å². The van der Waals surface area contributed by atoms with Crippen molar-refractivity contribution in [2.75, 3.05) is 4.90 Å². The van der Waals surface area contributed by atoms with Gasteiger partial charge in [0.15, 0.2) is 0 Å². The first-order valence-corrected chi connectivity index (χ1v) is 10.9. The minimum atomic E-state index is -3.63. The second-order valence-corrected chi connectivity index (χ2v) is 9.21. The summed E-state index contributed by atoms with van der Waals surface area (Å²) < 4.78 is 28.9. The van der Waals surface area contributed by atoms with Crippen molar-refractivity contribution in [3.8, 4) is 0 Å². The van der Waals surface area contributed by atoms with E-state index in [1.165, 1.54) is 5.56 Å². The van der Waals surface area contributed by atoms with E-state index < -0.39 is 10.0 Å². The van der Waals surface area contributed by atoms with Gasteiger partial charge in [-0.1, -0.05) is 24.3 Å². The molecule has 5 nitrogen and oxygen atoms in total. The maximum atomic E-state index is 13.0. The van der Waals surface area contributed by atoms with Crippen LogP contribution in [0.2, 0.25) is 0 Å². The monoisotopic (exact) mass is 384 g/mol. The third-order valence-electron chi connectivity index (χ3n) is 5.58. The lowest BCUT2D eigenvalue weighted by molar-refractivity contribution is -0.116. The molecule has 2 atom stereocenters. The van der Waals surface area contributed by atoms with Crippen LogP contribution in [0.3, 0.4) is 0 Å². The molecule has 0 radical (unpaired) electrons. The smallest absolute Gasteiger partial charge is 0.241 e. The molecule has 0 spiro atoms. The molecule has 0 fully saturated rings. The number of aryl methyl sites for hydroxylation is 1. The zero-order valence-electron chi connectivity index (χ0n) is 15.6. The van der Waals surface area contributed by atoms with Crippen LogP contribution >= 0.6 is 0 Å². The van der Waals surface area contributed by atoms with Gasteiger partial charge in [-0.25, -0.2) is 13.1 Å². The summed E-state index contributed by atoms with van der Waals surface area (Å²) in [5.74, 6) is -0.0196. The molecule has 0 saturated heterocycles. The third kappa shape index (κ3) is 3.28. The Kier molecular flexibility index (Phi) is 4.56. The van der Waals surface area contributed by atoms with Crippen LogP contribution < -0.4 is 9.62 Å². The van der Waals surface area contributed by atoms with Gasteiger partial charge in [-0.3, -0.25) is 4.79 Å². The van der Waals surface area contributed by atoms with Crippen molar-refractivity contribution in [1.29, 1.82) is 0 Å². The highest BCUT2D eigenvalue weighted by Gasteiger charge is 2.31. The average Bonchev–Trinajstić information content (AvgIpc) is 2.97. The van der Waals surface area contributed by atoms with Crippen LogP contribution in [-0.2, 0) is 27.7 Å². The highest BCUT2D eigenvalue weighted by molar-refractivity contribution is 7.89. The number of anilines is 1. The maximum Gasteiger partial charge on any atom is 0.241 e. The van der Waals surface area contributed by atoms with Crippen LogP contribution in [0.4, 0.5) is 5.69 Å². The summed E-state index contributed by atoms with van der Waals surface area (Å²) in [6.45, 7) is 3.52. The summed E-state index contributed by atoms with van der Waals surface area (Å²) >= 11 is 0. The van der Waals surface area contributed by atoms with Crippen molar-refractivity contribution in [2.24, 2.45) is 0 Å². The van der Waals surface area contributed by atoms with E-state index in [1.807, 2.05) is 25.1 Å². The number of carbonyl (C=O) groups excluding carboxylic acids is 1. The number of amides is 1.